The molecule has 0 aliphatic heterocycles. The summed E-state index contributed by atoms with van der Waals surface area (Å²) >= 11 is 4.99. The van der Waals surface area contributed by atoms with Gasteiger partial charge in [0.2, 0.25) is 5.11 Å². The van der Waals surface area contributed by atoms with Crippen LogP contribution < -0.4 is 16.6 Å². The predicted octanol–water partition coefficient (Wildman–Crippen LogP) is 1.25. The van der Waals surface area contributed by atoms with E-state index in [-0.39, 0.29) is 10.8 Å². The average Bonchev–Trinajstić information content (AvgIpc) is 2.89. The SMILES string of the molecule is CC1(C)CC1(CNC(=S)N[NH3+])c1ccc(F)cc1F. The Morgan fingerprint density at radius 1 is 1.42 bits per heavy atom. The maximum absolute atomic E-state index is 14.0. The summed E-state index contributed by atoms with van der Waals surface area (Å²) in [4.78, 5) is 0. The second kappa shape index (κ2) is 4.68. The molecule has 6 heteroatoms. The van der Waals surface area contributed by atoms with Crippen molar-refractivity contribution in [1.29, 1.82) is 0 Å². The molecule has 1 saturated carbocycles. The molecule has 0 spiro atoms. The Morgan fingerprint density at radius 3 is 2.53 bits per heavy atom. The summed E-state index contributed by atoms with van der Waals surface area (Å²) in [6.07, 6.45) is 0.829. The molecule has 2 rings (SSSR count). The van der Waals surface area contributed by atoms with Crippen molar-refractivity contribution in [3.8, 4) is 0 Å². The van der Waals surface area contributed by atoms with Crippen LogP contribution in [0.25, 0.3) is 0 Å². The summed E-state index contributed by atoms with van der Waals surface area (Å²) in [5.41, 5.74) is 2.72. The molecule has 0 radical (unpaired) electrons. The first-order valence-electron chi connectivity index (χ1n) is 6.09. The summed E-state index contributed by atoms with van der Waals surface area (Å²) in [6.45, 7) is 4.64. The van der Waals surface area contributed by atoms with Gasteiger partial charge in [-0.3, -0.25) is 5.84 Å². The van der Waals surface area contributed by atoms with E-state index in [0.717, 1.165) is 12.5 Å². The Morgan fingerprint density at radius 2 is 2.05 bits per heavy atom. The molecule has 3 nitrogen and oxygen atoms in total. The molecule has 1 atom stereocenters. The van der Waals surface area contributed by atoms with Crippen molar-refractivity contribution < 1.29 is 14.6 Å². The summed E-state index contributed by atoms with van der Waals surface area (Å²) in [7, 11) is 0. The Hall–Kier alpha value is -1.27. The van der Waals surface area contributed by atoms with Gasteiger partial charge in [0.25, 0.3) is 0 Å². The second-order valence-corrected chi connectivity index (χ2v) is 6.03. The van der Waals surface area contributed by atoms with Gasteiger partial charge in [0, 0.05) is 18.0 Å². The minimum atomic E-state index is -0.558. The van der Waals surface area contributed by atoms with Crippen LogP contribution >= 0.6 is 12.2 Å². The van der Waals surface area contributed by atoms with E-state index in [1.165, 1.54) is 12.1 Å². The lowest BCUT2D eigenvalue weighted by molar-refractivity contribution is -0.419. The number of hydrogen-bond donors (Lipinski definition) is 3. The van der Waals surface area contributed by atoms with E-state index in [0.29, 0.717) is 17.2 Å². The standard InChI is InChI=1S/C13H17F2N3S/c1-12(2)6-13(12,7-17-11(19)18-16)9-4-3-8(14)5-10(9)15/h3-5H,6-7,16H2,1-2H3,(H2,17,18,19)/p+1. The van der Waals surface area contributed by atoms with Gasteiger partial charge in [-0.05, 0) is 35.7 Å². The fourth-order valence-electron chi connectivity index (χ4n) is 2.74. The molecule has 0 bridgehead atoms. The minimum absolute atomic E-state index is 0.0462. The Kier molecular flexibility index (Phi) is 3.49. The van der Waals surface area contributed by atoms with Gasteiger partial charge in [0.05, 0.1) is 0 Å². The van der Waals surface area contributed by atoms with E-state index in [1.807, 2.05) is 0 Å². The zero-order valence-corrected chi connectivity index (χ0v) is 11.8. The number of rotatable bonds is 3. The van der Waals surface area contributed by atoms with Gasteiger partial charge in [-0.25, -0.2) is 14.2 Å². The lowest BCUT2D eigenvalue weighted by atomic mass is 9.87. The first-order valence-corrected chi connectivity index (χ1v) is 6.50. The van der Waals surface area contributed by atoms with Crippen molar-refractivity contribution >= 4 is 17.3 Å². The third-order valence-electron chi connectivity index (χ3n) is 4.07. The Balaban J connectivity index is 2.28. The fraction of sp³-hybridized carbons (Fsp3) is 0.462. The Labute approximate surface area is 116 Å². The number of benzene rings is 1. The lowest BCUT2D eigenvalue weighted by Crippen LogP contribution is -2.69. The lowest BCUT2D eigenvalue weighted by Gasteiger charge is -2.22. The number of nitrogens with one attached hydrogen (secondary N) is 2. The van der Waals surface area contributed by atoms with Crippen LogP contribution in [-0.2, 0) is 5.41 Å². The van der Waals surface area contributed by atoms with Gasteiger partial charge in [0.1, 0.15) is 11.6 Å². The van der Waals surface area contributed by atoms with Crippen LogP contribution in [0.1, 0.15) is 25.8 Å². The molecule has 104 valence electrons. The van der Waals surface area contributed by atoms with Crippen LogP contribution in [0.15, 0.2) is 18.2 Å². The average molecular weight is 286 g/mol. The molecule has 0 heterocycles. The van der Waals surface area contributed by atoms with E-state index in [4.69, 9.17) is 12.2 Å². The van der Waals surface area contributed by atoms with E-state index >= 15 is 0 Å². The highest BCUT2D eigenvalue weighted by molar-refractivity contribution is 7.80. The minimum Gasteiger partial charge on any atom is -0.358 e. The first kappa shape index (κ1) is 14.1. The second-order valence-electron chi connectivity index (χ2n) is 5.63. The van der Waals surface area contributed by atoms with Crippen molar-refractivity contribution in [2.45, 2.75) is 25.7 Å². The molecular formula is C13H18F2N3S+. The monoisotopic (exact) mass is 286 g/mol. The van der Waals surface area contributed by atoms with Gasteiger partial charge < -0.3 is 5.32 Å². The molecule has 19 heavy (non-hydrogen) atoms. The summed E-state index contributed by atoms with van der Waals surface area (Å²) < 4.78 is 27.0. The highest BCUT2D eigenvalue weighted by Gasteiger charge is 2.62. The van der Waals surface area contributed by atoms with Crippen LogP contribution in [0.4, 0.5) is 8.78 Å². The van der Waals surface area contributed by atoms with E-state index in [2.05, 4.69) is 30.4 Å². The molecule has 0 amide bonds. The van der Waals surface area contributed by atoms with Gasteiger partial charge in [-0.2, -0.15) is 0 Å². The molecule has 1 aliphatic carbocycles. The molecule has 0 aromatic heterocycles. The highest BCUT2D eigenvalue weighted by Crippen LogP contribution is 2.64. The largest absolute Gasteiger partial charge is 0.358 e. The molecule has 1 aromatic rings. The maximum atomic E-state index is 14.0. The quantitative estimate of drug-likeness (QED) is 0.579. The van der Waals surface area contributed by atoms with Crippen molar-refractivity contribution in [2.24, 2.45) is 5.41 Å². The third kappa shape index (κ3) is 2.42. The van der Waals surface area contributed by atoms with Crippen LogP contribution in [0.2, 0.25) is 0 Å². The first-order chi connectivity index (χ1) is 8.82. The van der Waals surface area contributed by atoms with E-state index in [1.54, 1.807) is 0 Å². The van der Waals surface area contributed by atoms with Gasteiger partial charge in [0.15, 0.2) is 0 Å². The fourth-order valence-corrected chi connectivity index (χ4v) is 2.81. The highest BCUT2D eigenvalue weighted by atomic mass is 32.1. The molecule has 5 N–H and O–H groups in total. The third-order valence-corrected chi connectivity index (χ3v) is 4.36. The van der Waals surface area contributed by atoms with Crippen molar-refractivity contribution in [2.75, 3.05) is 6.54 Å². The number of hydrogen-bond acceptors (Lipinski definition) is 1. The summed E-state index contributed by atoms with van der Waals surface area (Å²) in [5.74, 6) is 2.41. The van der Waals surface area contributed by atoms with Gasteiger partial charge in [-0.15, -0.1) is 0 Å². The van der Waals surface area contributed by atoms with Crippen LogP contribution in [0, 0.1) is 17.0 Å². The van der Waals surface area contributed by atoms with Crippen molar-refractivity contribution in [3.63, 3.8) is 0 Å². The topological polar surface area (TPSA) is 51.7 Å². The number of thiocarbonyl (C=S) groups is 1. The predicted molar refractivity (Wildman–Crippen MR) is 73.1 cm³/mol. The van der Waals surface area contributed by atoms with Crippen LogP contribution in [0.5, 0.6) is 0 Å². The summed E-state index contributed by atoms with van der Waals surface area (Å²) in [5, 5.41) is 3.45. The van der Waals surface area contributed by atoms with Gasteiger partial charge >= 0.3 is 0 Å². The molecule has 0 saturated heterocycles. The molecule has 1 aliphatic rings. The maximum Gasteiger partial charge on any atom is 0.213 e. The molecule has 1 fully saturated rings. The normalized spacial score (nSPS) is 23.8. The molecule has 1 unspecified atom stereocenters. The molecule has 1 aromatic carbocycles. The Bertz CT molecular complexity index is 519. The van der Waals surface area contributed by atoms with Crippen LogP contribution in [-0.4, -0.2) is 11.7 Å². The van der Waals surface area contributed by atoms with E-state index < -0.39 is 11.6 Å². The number of quaternary nitrogens is 1. The zero-order chi connectivity index (χ0) is 14.3. The van der Waals surface area contributed by atoms with Crippen molar-refractivity contribution in [1.82, 2.24) is 10.7 Å². The zero-order valence-electron chi connectivity index (χ0n) is 11.0. The smallest absolute Gasteiger partial charge is 0.213 e. The van der Waals surface area contributed by atoms with E-state index in [9.17, 15) is 8.78 Å². The summed E-state index contributed by atoms with van der Waals surface area (Å²) in [6, 6.07) is 3.76. The van der Waals surface area contributed by atoms with Crippen molar-refractivity contribution in [3.05, 3.63) is 35.4 Å². The van der Waals surface area contributed by atoms with Crippen LogP contribution in [0.3, 0.4) is 0 Å². The number of halogens is 2. The molecular weight excluding hydrogens is 268 g/mol. The van der Waals surface area contributed by atoms with Gasteiger partial charge in [-0.1, -0.05) is 19.9 Å².